The molecular formula is C31H23Cl2N3O8. The molecule has 13 heteroatoms. The smallest absolute Gasteiger partial charge is 0.345 e. The summed E-state index contributed by atoms with van der Waals surface area (Å²) in [6.45, 7) is 1.17. The van der Waals surface area contributed by atoms with E-state index in [0.29, 0.717) is 17.9 Å². The van der Waals surface area contributed by atoms with Crippen LogP contribution < -0.4 is 4.74 Å². The number of nitro benzene ring substituents is 1. The minimum absolute atomic E-state index is 0.0590. The molecule has 3 aromatic carbocycles. The first-order chi connectivity index (χ1) is 20.9. The van der Waals surface area contributed by atoms with Gasteiger partial charge in [0.15, 0.2) is 5.78 Å². The van der Waals surface area contributed by atoms with Gasteiger partial charge in [-0.25, -0.2) is 9.80 Å². The Labute approximate surface area is 260 Å². The van der Waals surface area contributed by atoms with E-state index in [1.807, 2.05) is 13.0 Å². The van der Waals surface area contributed by atoms with Crippen LogP contribution in [0.5, 0.6) is 5.75 Å². The molecule has 2 aliphatic rings. The number of amides is 3. The lowest BCUT2D eigenvalue weighted by Gasteiger charge is -2.30. The predicted octanol–water partition coefficient (Wildman–Crippen LogP) is 5.70. The van der Waals surface area contributed by atoms with Crippen LogP contribution in [0, 0.1) is 22.0 Å². The number of non-ortho nitro benzene ring substituents is 1. The van der Waals surface area contributed by atoms with E-state index in [1.54, 1.807) is 0 Å². The molecule has 0 aromatic heterocycles. The molecule has 1 saturated heterocycles. The highest BCUT2D eigenvalue weighted by Crippen LogP contribution is 2.38. The fourth-order valence-corrected chi connectivity index (χ4v) is 5.60. The van der Waals surface area contributed by atoms with Crippen LogP contribution in [0.3, 0.4) is 0 Å². The molecule has 0 saturated carbocycles. The third-order valence-electron chi connectivity index (χ3n) is 7.43. The molecule has 224 valence electrons. The average Bonchev–Trinajstić information content (AvgIpc) is 3.24. The van der Waals surface area contributed by atoms with Crippen molar-refractivity contribution in [3.8, 4) is 5.75 Å². The number of rotatable bonds is 8. The van der Waals surface area contributed by atoms with Crippen LogP contribution in [-0.4, -0.2) is 51.0 Å². The number of hydrogen-bond acceptors (Lipinski definition) is 8. The van der Waals surface area contributed by atoms with Crippen LogP contribution in [-0.2, 0) is 9.59 Å². The van der Waals surface area contributed by atoms with Crippen LogP contribution in [0.2, 0.25) is 10.0 Å². The first-order valence-corrected chi connectivity index (χ1v) is 14.1. The fourth-order valence-electron chi connectivity index (χ4n) is 5.12. The Kier molecular flexibility index (Phi) is 8.61. The molecule has 1 heterocycles. The minimum atomic E-state index is -0.858. The molecule has 5 rings (SSSR count). The van der Waals surface area contributed by atoms with Gasteiger partial charge in [-0.3, -0.25) is 29.3 Å². The lowest BCUT2D eigenvalue weighted by atomic mass is 9.82. The molecule has 0 N–H and O–H groups in total. The van der Waals surface area contributed by atoms with Crippen molar-refractivity contribution >= 4 is 58.4 Å². The largest absolute Gasteiger partial charge is 0.423 e. The number of hydrogen-bond donors (Lipinski definition) is 0. The third-order valence-corrected chi connectivity index (χ3v) is 7.98. The average molecular weight is 636 g/mol. The number of carbonyl (C=O) groups excluding carboxylic acids is 5. The maximum Gasteiger partial charge on any atom is 0.345 e. The molecule has 0 radical (unpaired) electrons. The number of ketones is 1. The summed E-state index contributed by atoms with van der Waals surface area (Å²) in [6, 6.07) is 14.4. The maximum absolute atomic E-state index is 13.7. The Morgan fingerprint density at radius 3 is 2.23 bits per heavy atom. The van der Waals surface area contributed by atoms with Crippen LogP contribution in [0.4, 0.5) is 5.69 Å². The van der Waals surface area contributed by atoms with Crippen molar-refractivity contribution in [3.63, 3.8) is 0 Å². The Morgan fingerprint density at radius 1 is 0.955 bits per heavy atom. The summed E-state index contributed by atoms with van der Waals surface area (Å²) < 4.78 is 5.34. The lowest BCUT2D eigenvalue weighted by Crippen LogP contribution is -2.52. The molecule has 3 aromatic rings. The number of nitro groups is 1. The summed E-state index contributed by atoms with van der Waals surface area (Å²) in [5.41, 5.74) is 0.811. The Hall–Kier alpha value is -4.87. The Balaban J connectivity index is 1.38. The van der Waals surface area contributed by atoms with Gasteiger partial charge in [0.2, 0.25) is 0 Å². The number of fused-ring (bicyclic) bond motifs is 1. The molecule has 3 amide bonds. The van der Waals surface area contributed by atoms with Gasteiger partial charge in [-0.15, -0.1) is 0 Å². The minimum Gasteiger partial charge on any atom is -0.423 e. The topological polar surface area (TPSA) is 144 Å². The highest BCUT2D eigenvalue weighted by molar-refractivity contribution is 6.36. The number of imide groups is 1. The van der Waals surface area contributed by atoms with Crippen molar-refractivity contribution in [2.24, 2.45) is 11.8 Å². The molecule has 1 aliphatic carbocycles. The predicted molar refractivity (Wildman–Crippen MR) is 158 cm³/mol. The van der Waals surface area contributed by atoms with Crippen molar-refractivity contribution in [1.82, 2.24) is 10.0 Å². The van der Waals surface area contributed by atoms with E-state index in [1.165, 1.54) is 54.6 Å². The molecular weight excluding hydrogens is 613 g/mol. The number of esters is 1. The molecule has 44 heavy (non-hydrogen) atoms. The summed E-state index contributed by atoms with van der Waals surface area (Å²) in [5.74, 6) is -4.66. The van der Waals surface area contributed by atoms with Gasteiger partial charge in [0.1, 0.15) is 12.3 Å². The summed E-state index contributed by atoms with van der Waals surface area (Å²) in [4.78, 5) is 77.0. The molecule has 0 unspecified atom stereocenters. The number of carbonyl (C=O) groups is 5. The number of halogens is 2. The zero-order valence-electron chi connectivity index (χ0n) is 23.1. The van der Waals surface area contributed by atoms with Crippen LogP contribution in [0.1, 0.15) is 50.8 Å². The summed E-state index contributed by atoms with van der Waals surface area (Å²) >= 11 is 11.9. The van der Waals surface area contributed by atoms with E-state index in [-0.39, 0.29) is 33.1 Å². The molecule has 0 bridgehead atoms. The summed E-state index contributed by atoms with van der Waals surface area (Å²) in [6.07, 6.45) is 2.55. The van der Waals surface area contributed by atoms with Gasteiger partial charge in [-0.05, 0) is 74.4 Å². The zero-order chi connectivity index (χ0) is 31.7. The standard InChI is InChI=1S/C31H23Cl2N3O8/c1-17-2-12-23-25(14-17)30(40)35(29(23)39)34(28(38)19-3-8-21(9-4-19)36(42)43)16-27(37)18-5-10-22(11-6-18)44-31(41)24-13-7-20(32)15-26(24)33/h2-11,13,15,23,25H,12,14,16H2,1H3/t23-,25-/m0/s1. The number of benzene rings is 3. The first kappa shape index (κ1) is 30.6. The van der Waals surface area contributed by atoms with Crippen molar-refractivity contribution < 1.29 is 33.6 Å². The van der Waals surface area contributed by atoms with Crippen LogP contribution in [0.15, 0.2) is 78.4 Å². The van der Waals surface area contributed by atoms with Crippen molar-refractivity contribution in [2.75, 3.05) is 6.54 Å². The fraction of sp³-hybridized carbons (Fsp3) is 0.194. The first-order valence-electron chi connectivity index (χ1n) is 13.3. The second-order valence-corrected chi connectivity index (χ2v) is 11.2. The van der Waals surface area contributed by atoms with E-state index in [2.05, 4.69) is 0 Å². The second kappa shape index (κ2) is 12.4. The van der Waals surface area contributed by atoms with Crippen molar-refractivity contribution in [3.05, 3.63) is 115 Å². The van der Waals surface area contributed by atoms with Gasteiger partial charge < -0.3 is 4.74 Å². The van der Waals surface area contributed by atoms with Gasteiger partial charge in [-0.1, -0.05) is 34.9 Å². The molecule has 1 aliphatic heterocycles. The van der Waals surface area contributed by atoms with Crippen molar-refractivity contribution in [2.45, 2.75) is 19.8 Å². The maximum atomic E-state index is 13.7. The normalized spacial score (nSPS) is 17.5. The number of ether oxygens (including phenoxy) is 1. The highest BCUT2D eigenvalue weighted by atomic mass is 35.5. The quantitative estimate of drug-likeness (QED) is 0.0583. The molecule has 11 nitrogen and oxygen atoms in total. The van der Waals surface area contributed by atoms with Gasteiger partial charge in [0, 0.05) is 28.3 Å². The van der Waals surface area contributed by atoms with Gasteiger partial charge in [0.25, 0.3) is 23.4 Å². The van der Waals surface area contributed by atoms with Gasteiger partial charge in [-0.2, -0.15) is 5.01 Å². The Morgan fingerprint density at radius 2 is 1.59 bits per heavy atom. The van der Waals surface area contributed by atoms with Crippen LogP contribution in [0.25, 0.3) is 0 Å². The van der Waals surface area contributed by atoms with Crippen LogP contribution >= 0.6 is 23.2 Å². The van der Waals surface area contributed by atoms with Crippen molar-refractivity contribution in [1.29, 1.82) is 0 Å². The lowest BCUT2D eigenvalue weighted by molar-refractivity contribution is -0.384. The number of allylic oxidation sites excluding steroid dienone is 2. The summed E-state index contributed by atoms with van der Waals surface area (Å²) in [5, 5.41) is 13.1. The van der Waals surface area contributed by atoms with E-state index < -0.39 is 52.8 Å². The number of hydrazine groups is 1. The van der Waals surface area contributed by atoms with Gasteiger partial charge in [0.05, 0.1) is 27.3 Å². The monoisotopic (exact) mass is 635 g/mol. The third kappa shape index (κ3) is 6.10. The molecule has 2 atom stereocenters. The highest BCUT2D eigenvalue weighted by Gasteiger charge is 2.51. The number of nitrogens with zero attached hydrogens (tertiary/aromatic N) is 3. The van der Waals surface area contributed by atoms with E-state index in [0.717, 1.165) is 27.7 Å². The SMILES string of the molecule is CC1=CC[C@@H]2C(=O)N(N(CC(=O)c3ccc(OC(=O)c4ccc(Cl)cc4Cl)cc3)C(=O)c3ccc([N+](=O)[O-])cc3)C(=O)[C@H]2C1. The zero-order valence-corrected chi connectivity index (χ0v) is 24.6. The molecule has 1 fully saturated rings. The number of Topliss-reactive ketones (excluding diaryl/α,β-unsaturated/α-hetero) is 1. The Bertz CT molecular complexity index is 1740. The van der Waals surface area contributed by atoms with E-state index in [4.69, 9.17) is 27.9 Å². The summed E-state index contributed by atoms with van der Waals surface area (Å²) in [7, 11) is 0. The van der Waals surface area contributed by atoms with E-state index in [9.17, 15) is 34.1 Å². The molecule has 0 spiro atoms. The van der Waals surface area contributed by atoms with E-state index >= 15 is 0 Å². The van der Waals surface area contributed by atoms with Gasteiger partial charge >= 0.3 is 5.97 Å². The second-order valence-electron chi connectivity index (χ2n) is 10.3.